The van der Waals surface area contributed by atoms with E-state index < -0.39 is 0 Å². The van der Waals surface area contributed by atoms with Gasteiger partial charge in [0.05, 0.1) is 6.20 Å². The van der Waals surface area contributed by atoms with Crippen LogP contribution in [0.25, 0.3) is 11.3 Å². The molecule has 2 rings (SSSR count). The van der Waals surface area contributed by atoms with Gasteiger partial charge in [0.1, 0.15) is 17.3 Å². The lowest BCUT2D eigenvalue weighted by Gasteiger charge is -2.19. The predicted molar refractivity (Wildman–Crippen MR) is 87.1 cm³/mol. The van der Waals surface area contributed by atoms with Crippen molar-refractivity contribution in [1.82, 2.24) is 19.3 Å². The number of aromatic nitrogens is 4. The molecule has 21 heavy (non-hydrogen) atoms. The number of nitrogen functional groups attached to an aromatic ring is 1. The van der Waals surface area contributed by atoms with E-state index in [1.807, 2.05) is 17.1 Å². The number of rotatable bonds is 5. The number of hydrogen-bond acceptors (Lipinski definition) is 3. The molecular formula is C16H27N5. The van der Waals surface area contributed by atoms with Crippen LogP contribution in [0.4, 0.5) is 5.82 Å². The van der Waals surface area contributed by atoms with Crippen LogP contribution in [-0.4, -0.2) is 19.3 Å². The third kappa shape index (κ3) is 3.12. The van der Waals surface area contributed by atoms with Crippen LogP contribution in [0.1, 0.15) is 53.3 Å². The number of imidazole rings is 1. The van der Waals surface area contributed by atoms with Gasteiger partial charge in [0, 0.05) is 30.3 Å². The van der Waals surface area contributed by atoms with E-state index in [0.717, 1.165) is 48.8 Å². The Labute approximate surface area is 127 Å². The van der Waals surface area contributed by atoms with Crippen LogP contribution in [0.2, 0.25) is 0 Å². The molecule has 0 atom stereocenters. The summed E-state index contributed by atoms with van der Waals surface area (Å²) in [6.45, 7) is 12.6. The molecule has 0 aromatic carbocycles. The monoisotopic (exact) mass is 289 g/mol. The van der Waals surface area contributed by atoms with Crippen LogP contribution >= 0.6 is 0 Å². The Morgan fingerprint density at radius 1 is 1.14 bits per heavy atom. The highest BCUT2D eigenvalue weighted by atomic mass is 15.3. The summed E-state index contributed by atoms with van der Waals surface area (Å²) in [5, 5.41) is 4.38. The summed E-state index contributed by atoms with van der Waals surface area (Å²) in [5.41, 5.74) is 8.20. The molecular weight excluding hydrogens is 262 g/mol. The van der Waals surface area contributed by atoms with Crippen molar-refractivity contribution in [2.24, 2.45) is 0 Å². The molecule has 0 amide bonds. The van der Waals surface area contributed by atoms with Gasteiger partial charge in [-0.05, 0) is 12.8 Å². The first kappa shape index (κ1) is 15.6. The zero-order valence-electron chi connectivity index (χ0n) is 13.8. The number of nitrogens with two attached hydrogens (primary N) is 1. The summed E-state index contributed by atoms with van der Waals surface area (Å²) in [5.74, 6) is 1.79. The van der Waals surface area contributed by atoms with Crippen LogP contribution in [0.5, 0.6) is 0 Å². The lowest BCUT2D eigenvalue weighted by atomic mass is 9.95. The fourth-order valence-electron chi connectivity index (χ4n) is 2.54. The van der Waals surface area contributed by atoms with Crippen molar-refractivity contribution >= 4 is 5.82 Å². The molecule has 0 aliphatic carbocycles. The lowest BCUT2D eigenvalue weighted by Crippen LogP contribution is -2.19. The minimum absolute atomic E-state index is 0.0268. The Balaban J connectivity index is 2.48. The van der Waals surface area contributed by atoms with E-state index in [9.17, 15) is 0 Å². The highest BCUT2D eigenvalue weighted by Gasteiger charge is 2.25. The minimum atomic E-state index is -0.0268. The molecule has 5 heteroatoms. The molecule has 0 radical (unpaired) electrons. The van der Waals surface area contributed by atoms with Crippen LogP contribution in [-0.2, 0) is 18.5 Å². The molecule has 2 aromatic heterocycles. The van der Waals surface area contributed by atoms with Gasteiger partial charge in [0.2, 0.25) is 0 Å². The summed E-state index contributed by atoms with van der Waals surface area (Å²) < 4.78 is 4.09. The maximum absolute atomic E-state index is 6.37. The molecule has 2 aromatic rings. The summed E-state index contributed by atoms with van der Waals surface area (Å²) >= 11 is 0. The van der Waals surface area contributed by atoms with E-state index >= 15 is 0 Å². The topological polar surface area (TPSA) is 61.7 Å². The third-order valence-electron chi connectivity index (χ3n) is 3.48. The Hall–Kier alpha value is -1.78. The van der Waals surface area contributed by atoms with Crippen molar-refractivity contribution in [1.29, 1.82) is 0 Å². The first-order chi connectivity index (χ1) is 9.88. The van der Waals surface area contributed by atoms with E-state index in [2.05, 4.69) is 44.3 Å². The number of nitrogens with zero attached hydrogens (tertiary/aromatic N) is 4. The largest absolute Gasteiger partial charge is 0.383 e. The SMILES string of the molecule is CCCn1cc(-c2nc(C(C)(C)C)n(CCC)c2N)cn1. The van der Waals surface area contributed by atoms with Gasteiger partial charge in [0.25, 0.3) is 0 Å². The van der Waals surface area contributed by atoms with Gasteiger partial charge in [-0.15, -0.1) is 0 Å². The van der Waals surface area contributed by atoms with E-state index in [-0.39, 0.29) is 5.41 Å². The second-order valence-electron chi connectivity index (χ2n) is 6.56. The van der Waals surface area contributed by atoms with Crippen molar-refractivity contribution in [3.8, 4) is 11.3 Å². The van der Waals surface area contributed by atoms with Crippen molar-refractivity contribution in [3.05, 3.63) is 18.2 Å². The fourth-order valence-corrected chi connectivity index (χ4v) is 2.54. The molecule has 0 unspecified atom stereocenters. The van der Waals surface area contributed by atoms with Crippen molar-refractivity contribution in [3.63, 3.8) is 0 Å². The van der Waals surface area contributed by atoms with Gasteiger partial charge >= 0.3 is 0 Å². The first-order valence-electron chi connectivity index (χ1n) is 7.77. The fraction of sp³-hybridized carbons (Fsp3) is 0.625. The quantitative estimate of drug-likeness (QED) is 0.917. The second kappa shape index (κ2) is 5.92. The Morgan fingerprint density at radius 2 is 1.81 bits per heavy atom. The summed E-state index contributed by atoms with van der Waals surface area (Å²) in [6.07, 6.45) is 5.99. The Kier molecular flexibility index (Phi) is 4.40. The summed E-state index contributed by atoms with van der Waals surface area (Å²) in [7, 11) is 0. The zero-order valence-corrected chi connectivity index (χ0v) is 13.8. The number of hydrogen-bond donors (Lipinski definition) is 1. The normalized spacial score (nSPS) is 12.0. The molecule has 0 fully saturated rings. The molecule has 116 valence electrons. The molecule has 0 aliphatic rings. The van der Waals surface area contributed by atoms with Crippen molar-refractivity contribution in [2.75, 3.05) is 5.73 Å². The molecule has 0 saturated heterocycles. The van der Waals surface area contributed by atoms with Crippen molar-refractivity contribution < 1.29 is 0 Å². The molecule has 0 saturated carbocycles. The third-order valence-corrected chi connectivity index (χ3v) is 3.48. The van der Waals surface area contributed by atoms with Gasteiger partial charge in [0.15, 0.2) is 0 Å². The molecule has 5 nitrogen and oxygen atoms in total. The Morgan fingerprint density at radius 3 is 2.38 bits per heavy atom. The van der Waals surface area contributed by atoms with Crippen LogP contribution in [0.3, 0.4) is 0 Å². The van der Waals surface area contributed by atoms with Gasteiger partial charge in [-0.3, -0.25) is 4.68 Å². The molecule has 2 heterocycles. The van der Waals surface area contributed by atoms with Crippen LogP contribution < -0.4 is 5.73 Å². The number of anilines is 1. The zero-order chi connectivity index (χ0) is 15.6. The average Bonchev–Trinajstić information content (AvgIpc) is 2.96. The van der Waals surface area contributed by atoms with Gasteiger partial charge in [-0.2, -0.15) is 5.10 Å². The van der Waals surface area contributed by atoms with Crippen LogP contribution in [0, 0.1) is 0 Å². The standard InChI is InChI=1S/C16H27N5/c1-6-8-20-11-12(10-18-20)13-14(17)21(9-7-2)15(19-13)16(3,4)5/h10-11H,6-9,17H2,1-5H3. The summed E-state index contributed by atoms with van der Waals surface area (Å²) in [4.78, 5) is 4.83. The van der Waals surface area contributed by atoms with Gasteiger partial charge in [-0.1, -0.05) is 34.6 Å². The van der Waals surface area contributed by atoms with Gasteiger partial charge < -0.3 is 10.3 Å². The minimum Gasteiger partial charge on any atom is -0.383 e. The smallest absolute Gasteiger partial charge is 0.131 e. The average molecular weight is 289 g/mol. The molecule has 0 aliphatic heterocycles. The maximum Gasteiger partial charge on any atom is 0.131 e. The van der Waals surface area contributed by atoms with Crippen molar-refractivity contribution in [2.45, 2.75) is 66.0 Å². The first-order valence-corrected chi connectivity index (χ1v) is 7.77. The highest BCUT2D eigenvalue weighted by molar-refractivity contribution is 5.70. The van der Waals surface area contributed by atoms with E-state index in [1.165, 1.54) is 0 Å². The second-order valence-corrected chi connectivity index (χ2v) is 6.56. The summed E-state index contributed by atoms with van der Waals surface area (Å²) in [6, 6.07) is 0. The van der Waals surface area contributed by atoms with E-state index in [0.29, 0.717) is 0 Å². The molecule has 2 N–H and O–H groups in total. The van der Waals surface area contributed by atoms with Gasteiger partial charge in [-0.25, -0.2) is 4.98 Å². The van der Waals surface area contributed by atoms with Crippen LogP contribution in [0.15, 0.2) is 12.4 Å². The molecule has 0 spiro atoms. The number of aryl methyl sites for hydroxylation is 1. The maximum atomic E-state index is 6.37. The Bertz CT molecular complexity index is 601. The predicted octanol–water partition coefficient (Wildman–Crippen LogP) is 3.45. The highest BCUT2D eigenvalue weighted by Crippen LogP contribution is 2.31. The lowest BCUT2D eigenvalue weighted by molar-refractivity contribution is 0.498. The van der Waals surface area contributed by atoms with E-state index in [4.69, 9.17) is 10.7 Å². The van der Waals surface area contributed by atoms with E-state index in [1.54, 1.807) is 0 Å². The molecule has 0 bridgehead atoms.